The van der Waals surface area contributed by atoms with Crippen molar-refractivity contribution in [2.45, 2.75) is 13.3 Å². The molecule has 0 aliphatic rings. The van der Waals surface area contributed by atoms with Crippen LogP contribution in [0.4, 0.5) is 8.78 Å². The van der Waals surface area contributed by atoms with Crippen molar-refractivity contribution in [3.8, 4) is 5.75 Å². The van der Waals surface area contributed by atoms with Gasteiger partial charge in [0, 0.05) is 12.5 Å². The number of halogens is 2. The van der Waals surface area contributed by atoms with E-state index < -0.39 is 11.6 Å². The molecule has 2 aromatic rings. The van der Waals surface area contributed by atoms with Crippen molar-refractivity contribution in [2.24, 2.45) is 0 Å². The fourth-order valence-corrected chi connectivity index (χ4v) is 1.79. The van der Waals surface area contributed by atoms with Crippen molar-refractivity contribution in [2.75, 3.05) is 6.61 Å². The molecule has 20 heavy (non-hydrogen) atoms. The first-order chi connectivity index (χ1) is 9.56. The standard InChI is InChI=1S/C16H14F2O2/c1-11-6-7-13(17)9-16(11)20-10-14(19)8-12-4-2-3-5-15(12)18/h2-7,9H,8,10H2,1H3. The molecule has 0 unspecified atom stereocenters. The van der Waals surface area contributed by atoms with E-state index in [0.29, 0.717) is 11.3 Å². The summed E-state index contributed by atoms with van der Waals surface area (Å²) in [5.74, 6) is -0.777. The Hall–Kier alpha value is -2.23. The monoisotopic (exact) mass is 276 g/mol. The highest BCUT2D eigenvalue weighted by Crippen LogP contribution is 2.18. The van der Waals surface area contributed by atoms with Gasteiger partial charge in [0.25, 0.3) is 0 Å². The molecule has 104 valence electrons. The number of carbonyl (C=O) groups excluding carboxylic acids is 1. The van der Waals surface area contributed by atoms with Crippen molar-refractivity contribution in [1.29, 1.82) is 0 Å². The minimum Gasteiger partial charge on any atom is -0.485 e. The van der Waals surface area contributed by atoms with E-state index in [4.69, 9.17) is 4.74 Å². The van der Waals surface area contributed by atoms with Crippen LogP contribution in [0.5, 0.6) is 5.75 Å². The highest BCUT2D eigenvalue weighted by molar-refractivity contribution is 5.82. The summed E-state index contributed by atoms with van der Waals surface area (Å²) in [7, 11) is 0. The summed E-state index contributed by atoms with van der Waals surface area (Å²) in [6.07, 6.45) is -0.0406. The number of ether oxygens (including phenoxy) is 1. The molecule has 0 aromatic heterocycles. The third kappa shape index (κ3) is 3.63. The number of Topliss-reactive ketones (excluding diaryl/α,β-unsaturated/α-hetero) is 1. The molecule has 0 aliphatic heterocycles. The second kappa shape index (κ2) is 6.28. The van der Waals surface area contributed by atoms with Crippen LogP contribution >= 0.6 is 0 Å². The van der Waals surface area contributed by atoms with Gasteiger partial charge in [-0.1, -0.05) is 24.3 Å². The van der Waals surface area contributed by atoms with E-state index in [1.165, 1.54) is 18.2 Å². The molecule has 0 saturated heterocycles. The lowest BCUT2D eigenvalue weighted by molar-refractivity contribution is -0.120. The van der Waals surface area contributed by atoms with Gasteiger partial charge in [-0.05, 0) is 30.2 Å². The van der Waals surface area contributed by atoms with E-state index in [1.807, 2.05) is 0 Å². The number of benzene rings is 2. The summed E-state index contributed by atoms with van der Waals surface area (Å²) in [5, 5.41) is 0. The molecule has 0 atom stereocenters. The van der Waals surface area contributed by atoms with Gasteiger partial charge in [0.1, 0.15) is 24.0 Å². The quantitative estimate of drug-likeness (QED) is 0.836. The van der Waals surface area contributed by atoms with Crippen molar-refractivity contribution in [3.63, 3.8) is 0 Å². The van der Waals surface area contributed by atoms with Crippen LogP contribution in [0.25, 0.3) is 0 Å². The third-order valence-electron chi connectivity index (χ3n) is 2.88. The molecule has 0 aliphatic carbocycles. The normalized spacial score (nSPS) is 10.3. The van der Waals surface area contributed by atoms with E-state index in [-0.39, 0.29) is 18.8 Å². The lowest BCUT2D eigenvalue weighted by atomic mass is 10.1. The Labute approximate surface area is 116 Å². The number of carbonyl (C=O) groups is 1. The molecule has 0 heterocycles. The molecule has 2 rings (SSSR count). The molecule has 0 bridgehead atoms. The SMILES string of the molecule is Cc1ccc(F)cc1OCC(=O)Cc1ccccc1F. The smallest absolute Gasteiger partial charge is 0.174 e. The highest BCUT2D eigenvalue weighted by atomic mass is 19.1. The topological polar surface area (TPSA) is 26.3 Å². The predicted molar refractivity (Wildman–Crippen MR) is 71.7 cm³/mol. The minimum atomic E-state index is -0.424. The van der Waals surface area contributed by atoms with Gasteiger partial charge >= 0.3 is 0 Å². The number of aryl methyl sites for hydroxylation is 1. The first-order valence-corrected chi connectivity index (χ1v) is 6.20. The van der Waals surface area contributed by atoms with E-state index in [1.54, 1.807) is 31.2 Å². The Morgan fingerprint density at radius 3 is 2.65 bits per heavy atom. The van der Waals surface area contributed by atoms with Crippen LogP contribution in [0.15, 0.2) is 42.5 Å². The Morgan fingerprint density at radius 2 is 1.90 bits per heavy atom. The van der Waals surface area contributed by atoms with Crippen LogP contribution in [-0.2, 0) is 11.2 Å². The zero-order valence-electron chi connectivity index (χ0n) is 11.0. The number of hydrogen-bond acceptors (Lipinski definition) is 2. The molecule has 0 fully saturated rings. The Balaban J connectivity index is 1.96. The van der Waals surface area contributed by atoms with E-state index >= 15 is 0 Å². The summed E-state index contributed by atoms with van der Waals surface area (Å²) in [5.41, 5.74) is 1.07. The van der Waals surface area contributed by atoms with Crippen LogP contribution in [0.1, 0.15) is 11.1 Å². The van der Waals surface area contributed by atoms with Crippen molar-refractivity contribution < 1.29 is 18.3 Å². The van der Waals surface area contributed by atoms with Gasteiger partial charge in [-0.2, -0.15) is 0 Å². The zero-order valence-corrected chi connectivity index (χ0v) is 11.0. The van der Waals surface area contributed by atoms with Gasteiger partial charge in [0.15, 0.2) is 5.78 Å². The zero-order chi connectivity index (χ0) is 14.5. The molecule has 4 heteroatoms. The fraction of sp³-hybridized carbons (Fsp3) is 0.188. The van der Waals surface area contributed by atoms with Gasteiger partial charge < -0.3 is 4.74 Å². The third-order valence-corrected chi connectivity index (χ3v) is 2.88. The largest absolute Gasteiger partial charge is 0.485 e. The van der Waals surface area contributed by atoms with Crippen LogP contribution in [-0.4, -0.2) is 12.4 Å². The van der Waals surface area contributed by atoms with Crippen molar-refractivity contribution in [1.82, 2.24) is 0 Å². The Bertz CT molecular complexity index is 624. The second-order valence-electron chi connectivity index (χ2n) is 4.51. The molecular formula is C16H14F2O2. The van der Waals surface area contributed by atoms with E-state index in [0.717, 1.165) is 5.56 Å². The van der Waals surface area contributed by atoms with Crippen LogP contribution in [0, 0.1) is 18.6 Å². The number of rotatable bonds is 5. The summed E-state index contributed by atoms with van der Waals surface area (Å²) in [4.78, 5) is 11.7. The molecule has 0 amide bonds. The van der Waals surface area contributed by atoms with Gasteiger partial charge in [0.2, 0.25) is 0 Å². The average Bonchev–Trinajstić information content (AvgIpc) is 2.42. The van der Waals surface area contributed by atoms with Crippen molar-refractivity contribution >= 4 is 5.78 Å². The lowest BCUT2D eigenvalue weighted by Gasteiger charge is -2.08. The van der Waals surface area contributed by atoms with Crippen molar-refractivity contribution in [3.05, 3.63) is 65.2 Å². The molecule has 0 N–H and O–H groups in total. The minimum absolute atomic E-state index is 0.0406. The molecule has 2 aromatic carbocycles. The van der Waals surface area contributed by atoms with Gasteiger partial charge in [0.05, 0.1) is 0 Å². The first-order valence-electron chi connectivity index (χ1n) is 6.20. The Kier molecular flexibility index (Phi) is 4.45. The van der Waals surface area contributed by atoms with Crippen LogP contribution in [0.3, 0.4) is 0 Å². The highest BCUT2D eigenvalue weighted by Gasteiger charge is 2.09. The van der Waals surface area contributed by atoms with Gasteiger partial charge in [-0.3, -0.25) is 4.79 Å². The summed E-state index contributed by atoms with van der Waals surface area (Å²) in [6.45, 7) is 1.55. The molecule has 2 nitrogen and oxygen atoms in total. The lowest BCUT2D eigenvalue weighted by Crippen LogP contribution is -2.15. The summed E-state index contributed by atoms with van der Waals surface area (Å²) < 4.78 is 31.7. The van der Waals surface area contributed by atoms with Crippen LogP contribution in [0.2, 0.25) is 0 Å². The fourth-order valence-electron chi connectivity index (χ4n) is 1.79. The Morgan fingerprint density at radius 1 is 1.15 bits per heavy atom. The maximum absolute atomic E-state index is 13.4. The number of hydrogen-bond donors (Lipinski definition) is 0. The summed E-state index contributed by atoms with van der Waals surface area (Å²) in [6, 6.07) is 10.2. The molecule has 0 radical (unpaired) electrons. The predicted octanol–water partition coefficient (Wildman–Crippen LogP) is 3.46. The van der Waals surface area contributed by atoms with Crippen LogP contribution < -0.4 is 4.74 Å². The number of ketones is 1. The van der Waals surface area contributed by atoms with E-state index in [9.17, 15) is 13.6 Å². The van der Waals surface area contributed by atoms with Gasteiger partial charge in [-0.15, -0.1) is 0 Å². The van der Waals surface area contributed by atoms with Gasteiger partial charge in [-0.25, -0.2) is 8.78 Å². The second-order valence-corrected chi connectivity index (χ2v) is 4.51. The molecule has 0 spiro atoms. The molecule has 0 saturated carbocycles. The molecular weight excluding hydrogens is 262 g/mol. The summed E-state index contributed by atoms with van der Waals surface area (Å²) >= 11 is 0. The van der Waals surface area contributed by atoms with E-state index in [2.05, 4.69) is 0 Å². The average molecular weight is 276 g/mol. The first kappa shape index (κ1) is 14.2. The maximum Gasteiger partial charge on any atom is 0.174 e. The maximum atomic E-state index is 13.4.